The maximum atomic E-state index is 12.9. The summed E-state index contributed by atoms with van der Waals surface area (Å²) in [5.41, 5.74) is 1.43. The first-order valence-electron chi connectivity index (χ1n) is 9.68. The van der Waals surface area contributed by atoms with Gasteiger partial charge in [-0.1, -0.05) is 12.1 Å². The Morgan fingerprint density at radius 3 is 2.43 bits per heavy atom. The highest BCUT2D eigenvalue weighted by Crippen LogP contribution is 2.30. The van der Waals surface area contributed by atoms with Gasteiger partial charge in [-0.3, -0.25) is 4.79 Å². The Kier molecular flexibility index (Phi) is 5.22. The minimum absolute atomic E-state index is 0.161. The second-order valence-corrected chi connectivity index (χ2v) is 7.67. The number of nitrogens with zero attached hydrogens (tertiary/aromatic N) is 1. The first-order chi connectivity index (χ1) is 13.5. The van der Waals surface area contributed by atoms with Gasteiger partial charge in [0.1, 0.15) is 17.1 Å². The summed E-state index contributed by atoms with van der Waals surface area (Å²) in [5, 5.41) is 0. The second-order valence-electron chi connectivity index (χ2n) is 7.67. The molecular weight excluding hydrogens is 358 g/mol. The summed E-state index contributed by atoms with van der Waals surface area (Å²) in [6.07, 6.45) is 1.34. The van der Waals surface area contributed by atoms with E-state index < -0.39 is 5.63 Å². The van der Waals surface area contributed by atoms with Gasteiger partial charge in [-0.05, 0) is 42.7 Å². The van der Waals surface area contributed by atoms with Crippen molar-refractivity contribution >= 4 is 5.91 Å². The highest BCUT2D eigenvalue weighted by atomic mass is 16.5. The van der Waals surface area contributed by atoms with Crippen LogP contribution in [0.2, 0.25) is 0 Å². The molecule has 2 aliphatic heterocycles. The average Bonchev–Trinajstić information content (AvgIpc) is 3.28. The number of ether oxygens (including phenoxy) is 2. The highest BCUT2D eigenvalue weighted by molar-refractivity contribution is 5.95. The lowest BCUT2D eigenvalue weighted by molar-refractivity contribution is 0.0745. The van der Waals surface area contributed by atoms with Gasteiger partial charge < -0.3 is 18.8 Å². The van der Waals surface area contributed by atoms with E-state index in [0.717, 1.165) is 17.7 Å². The summed E-state index contributed by atoms with van der Waals surface area (Å²) >= 11 is 0. The van der Waals surface area contributed by atoms with Crippen LogP contribution in [0.4, 0.5) is 0 Å². The lowest BCUT2D eigenvalue weighted by Crippen LogP contribution is -2.34. The van der Waals surface area contributed by atoms with Gasteiger partial charge in [-0.25, -0.2) is 4.79 Å². The van der Waals surface area contributed by atoms with Crippen molar-refractivity contribution in [2.75, 3.05) is 33.4 Å². The molecular formula is C22H25NO5. The summed E-state index contributed by atoms with van der Waals surface area (Å²) < 4.78 is 16.1. The molecule has 6 heteroatoms. The maximum Gasteiger partial charge on any atom is 0.349 e. The molecule has 2 aliphatic rings. The third kappa shape index (κ3) is 3.69. The summed E-state index contributed by atoms with van der Waals surface area (Å²) in [6, 6.07) is 9.63. The zero-order valence-electron chi connectivity index (χ0n) is 16.3. The molecule has 0 spiro atoms. The molecule has 1 aromatic heterocycles. The fourth-order valence-corrected chi connectivity index (χ4v) is 4.12. The number of amides is 1. The first kappa shape index (κ1) is 18.7. The van der Waals surface area contributed by atoms with E-state index in [1.807, 2.05) is 30.3 Å². The largest absolute Gasteiger partial charge is 0.497 e. The number of benzene rings is 1. The summed E-state index contributed by atoms with van der Waals surface area (Å²) in [4.78, 5) is 27.2. The van der Waals surface area contributed by atoms with Gasteiger partial charge in [0.05, 0.1) is 20.3 Å². The van der Waals surface area contributed by atoms with Gasteiger partial charge >= 0.3 is 5.63 Å². The van der Waals surface area contributed by atoms with Gasteiger partial charge in [-0.15, -0.1) is 0 Å². The normalized spacial score (nSPS) is 21.0. The SMILES string of the molecule is COc1ccc(CCc2cc(C)c(C(=O)N3C[C@H]4COC[C@H]4C3)c(=O)o2)cc1. The molecule has 0 saturated carbocycles. The van der Waals surface area contributed by atoms with E-state index >= 15 is 0 Å². The van der Waals surface area contributed by atoms with Gasteiger partial charge in [0.2, 0.25) is 0 Å². The third-order valence-corrected chi connectivity index (χ3v) is 5.76. The lowest BCUT2D eigenvalue weighted by atomic mass is 10.0. The fourth-order valence-electron chi connectivity index (χ4n) is 4.12. The van der Waals surface area contributed by atoms with E-state index in [9.17, 15) is 9.59 Å². The van der Waals surface area contributed by atoms with Crippen molar-refractivity contribution in [3.05, 3.63) is 63.2 Å². The number of methoxy groups -OCH3 is 1. The number of likely N-dealkylation sites (tertiary alicyclic amines) is 1. The van der Waals surface area contributed by atoms with Crippen LogP contribution in [-0.4, -0.2) is 44.2 Å². The van der Waals surface area contributed by atoms with Crippen LogP contribution in [0.15, 0.2) is 39.5 Å². The number of carbonyl (C=O) groups excluding carboxylic acids is 1. The molecule has 4 rings (SSSR count). The van der Waals surface area contributed by atoms with Crippen molar-refractivity contribution < 1.29 is 18.7 Å². The topological polar surface area (TPSA) is 69.0 Å². The number of carbonyl (C=O) groups is 1. The minimum Gasteiger partial charge on any atom is -0.497 e. The Hall–Kier alpha value is -2.60. The molecule has 2 aromatic rings. The number of hydrogen-bond acceptors (Lipinski definition) is 5. The van der Waals surface area contributed by atoms with E-state index in [1.54, 1.807) is 18.9 Å². The molecule has 2 saturated heterocycles. The zero-order chi connectivity index (χ0) is 19.7. The first-order valence-corrected chi connectivity index (χ1v) is 9.68. The average molecular weight is 383 g/mol. The van der Waals surface area contributed by atoms with E-state index in [4.69, 9.17) is 13.9 Å². The molecule has 6 nitrogen and oxygen atoms in total. The van der Waals surface area contributed by atoms with Gasteiger partial charge in [0, 0.05) is 31.3 Å². The monoisotopic (exact) mass is 383 g/mol. The number of hydrogen-bond donors (Lipinski definition) is 0. The molecule has 148 valence electrons. The minimum atomic E-state index is -0.539. The molecule has 0 bridgehead atoms. The molecule has 0 aliphatic carbocycles. The van der Waals surface area contributed by atoms with Crippen LogP contribution in [0.25, 0.3) is 0 Å². The molecule has 0 N–H and O–H groups in total. The van der Waals surface area contributed by atoms with Crippen LogP contribution in [0.3, 0.4) is 0 Å². The van der Waals surface area contributed by atoms with Crippen molar-refractivity contribution in [2.45, 2.75) is 19.8 Å². The third-order valence-electron chi connectivity index (χ3n) is 5.76. The predicted octanol–water partition coefficient (Wildman–Crippen LogP) is 2.46. The van der Waals surface area contributed by atoms with E-state index in [1.165, 1.54) is 0 Å². The van der Waals surface area contributed by atoms with E-state index in [2.05, 4.69) is 0 Å². The van der Waals surface area contributed by atoms with Crippen molar-refractivity contribution in [3.63, 3.8) is 0 Å². The summed E-state index contributed by atoms with van der Waals surface area (Å²) in [5.74, 6) is 1.97. The Morgan fingerprint density at radius 1 is 1.14 bits per heavy atom. The molecule has 0 radical (unpaired) electrons. The van der Waals surface area contributed by atoms with Crippen LogP contribution in [-0.2, 0) is 17.6 Å². The fraction of sp³-hybridized carbons (Fsp3) is 0.455. The van der Waals surface area contributed by atoms with E-state index in [0.29, 0.717) is 55.9 Å². The smallest absolute Gasteiger partial charge is 0.349 e. The lowest BCUT2D eigenvalue weighted by Gasteiger charge is -2.18. The molecule has 2 atom stereocenters. The van der Waals surface area contributed by atoms with Crippen LogP contribution in [0.1, 0.15) is 27.2 Å². The molecule has 3 heterocycles. The maximum absolute atomic E-state index is 12.9. The Balaban J connectivity index is 1.45. The second kappa shape index (κ2) is 7.80. The molecule has 0 unspecified atom stereocenters. The van der Waals surface area contributed by atoms with E-state index in [-0.39, 0.29) is 11.5 Å². The predicted molar refractivity (Wildman–Crippen MR) is 104 cm³/mol. The van der Waals surface area contributed by atoms with Gasteiger partial charge in [-0.2, -0.15) is 0 Å². The molecule has 1 aromatic carbocycles. The number of fused-ring (bicyclic) bond motifs is 1. The quantitative estimate of drug-likeness (QED) is 0.793. The Bertz CT molecular complexity index is 906. The van der Waals surface area contributed by atoms with Crippen LogP contribution in [0, 0.1) is 18.8 Å². The number of rotatable bonds is 5. The van der Waals surface area contributed by atoms with Crippen molar-refractivity contribution in [1.82, 2.24) is 4.90 Å². The Labute approximate surface area is 164 Å². The Morgan fingerprint density at radius 2 is 1.82 bits per heavy atom. The van der Waals surface area contributed by atoms with Crippen molar-refractivity contribution in [1.29, 1.82) is 0 Å². The highest BCUT2D eigenvalue weighted by Gasteiger charge is 2.40. The van der Waals surface area contributed by atoms with Crippen molar-refractivity contribution in [3.8, 4) is 5.75 Å². The van der Waals surface area contributed by atoms with Crippen molar-refractivity contribution in [2.24, 2.45) is 11.8 Å². The number of aryl methyl sites for hydroxylation is 3. The zero-order valence-corrected chi connectivity index (χ0v) is 16.3. The molecule has 1 amide bonds. The molecule has 2 fully saturated rings. The van der Waals surface area contributed by atoms with Gasteiger partial charge in [0.25, 0.3) is 5.91 Å². The summed E-state index contributed by atoms with van der Waals surface area (Å²) in [7, 11) is 1.64. The van der Waals surface area contributed by atoms with Gasteiger partial charge in [0.15, 0.2) is 0 Å². The van der Waals surface area contributed by atoms with Crippen LogP contribution in [0.5, 0.6) is 5.75 Å². The van der Waals surface area contributed by atoms with Crippen LogP contribution < -0.4 is 10.4 Å². The van der Waals surface area contributed by atoms with Crippen LogP contribution >= 0.6 is 0 Å². The standard InChI is InChI=1S/C22H25NO5/c1-14-9-19(8-5-15-3-6-18(26-2)7-4-15)28-22(25)20(14)21(24)23-10-16-12-27-13-17(16)11-23/h3-4,6-7,9,16-17H,5,8,10-13H2,1-2H3/t16-,17+. The molecule has 28 heavy (non-hydrogen) atoms. The summed E-state index contributed by atoms with van der Waals surface area (Å²) in [6.45, 7) is 4.52.